The number of aliphatic hydroxyl groups is 1. The van der Waals surface area contributed by atoms with Gasteiger partial charge in [-0.05, 0) is 0 Å². The number of halogens is 3. The van der Waals surface area contributed by atoms with E-state index in [1.165, 1.54) is 4.90 Å². The van der Waals surface area contributed by atoms with Crippen molar-refractivity contribution in [2.45, 2.75) is 18.7 Å². The quantitative estimate of drug-likeness (QED) is 0.650. The summed E-state index contributed by atoms with van der Waals surface area (Å²) in [6.07, 6.45) is -6.89. The van der Waals surface area contributed by atoms with E-state index >= 15 is 0 Å². The van der Waals surface area contributed by atoms with E-state index in [0.29, 0.717) is 0 Å². The van der Waals surface area contributed by atoms with Crippen LogP contribution >= 0.6 is 0 Å². The van der Waals surface area contributed by atoms with Crippen molar-refractivity contribution in [3.63, 3.8) is 0 Å². The Kier molecular flexibility index (Phi) is 5.59. The van der Waals surface area contributed by atoms with Crippen LogP contribution in [0.15, 0.2) is 0 Å². The molecule has 0 aliphatic rings. The number of amides is 1. The van der Waals surface area contributed by atoms with Crippen LogP contribution in [0.2, 0.25) is 0 Å². The highest BCUT2D eigenvalue weighted by Gasteiger charge is 2.37. The lowest BCUT2D eigenvalue weighted by Crippen LogP contribution is -2.39. The van der Waals surface area contributed by atoms with Gasteiger partial charge < -0.3 is 15.3 Å². The van der Waals surface area contributed by atoms with E-state index < -0.39 is 18.8 Å². The lowest BCUT2D eigenvalue weighted by molar-refractivity contribution is -0.201. The van der Waals surface area contributed by atoms with Crippen molar-refractivity contribution < 1.29 is 23.1 Å². The van der Waals surface area contributed by atoms with E-state index in [-0.39, 0.29) is 18.9 Å². The Morgan fingerprint density at radius 1 is 1.47 bits per heavy atom. The summed E-state index contributed by atoms with van der Waals surface area (Å²) in [5, 5.41) is 10.9. The van der Waals surface area contributed by atoms with Gasteiger partial charge in [0, 0.05) is 33.6 Å². The molecule has 0 aromatic carbocycles. The molecule has 0 aromatic rings. The van der Waals surface area contributed by atoms with Crippen LogP contribution < -0.4 is 5.32 Å². The predicted molar refractivity (Wildman–Crippen MR) is 48.2 cm³/mol. The number of hydrogen-bond acceptors (Lipinski definition) is 3. The van der Waals surface area contributed by atoms with Crippen LogP contribution in [-0.2, 0) is 4.79 Å². The van der Waals surface area contributed by atoms with Gasteiger partial charge in [0.25, 0.3) is 0 Å². The number of carbonyl (C=O) groups is 1. The molecule has 0 saturated heterocycles. The molecule has 0 aliphatic carbocycles. The molecule has 1 atom stereocenters. The van der Waals surface area contributed by atoms with Gasteiger partial charge >= 0.3 is 6.18 Å². The number of nitrogens with zero attached hydrogens (tertiary/aromatic N) is 1. The molecule has 2 N–H and O–H groups in total. The summed E-state index contributed by atoms with van der Waals surface area (Å²) in [7, 11) is 3.12. The highest BCUT2D eigenvalue weighted by molar-refractivity contribution is 5.75. The van der Waals surface area contributed by atoms with E-state index in [2.05, 4.69) is 5.32 Å². The number of carbonyl (C=O) groups excluding carboxylic acids is 1. The molecule has 0 saturated carbocycles. The summed E-state index contributed by atoms with van der Waals surface area (Å²) in [5.74, 6) is -0.177. The number of hydrogen-bond donors (Lipinski definition) is 2. The van der Waals surface area contributed by atoms with Crippen molar-refractivity contribution in [1.82, 2.24) is 10.2 Å². The van der Waals surface area contributed by atoms with Crippen LogP contribution in [0.5, 0.6) is 0 Å². The zero-order valence-electron chi connectivity index (χ0n) is 8.64. The maximum absolute atomic E-state index is 11.8. The Hall–Kier alpha value is -0.820. The van der Waals surface area contributed by atoms with Gasteiger partial charge in [-0.15, -0.1) is 0 Å². The van der Waals surface area contributed by atoms with Gasteiger partial charge in [0.05, 0.1) is 0 Å². The summed E-state index contributed by atoms with van der Waals surface area (Å²) in [4.78, 5) is 12.3. The summed E-state index contributed by atoms with van der Waals surface area (Å²) in [5.41, 5.74) is 0. The minimum absolute atomic E-state index is 0.109. The van der Waals surface area contributed by atoms with Crippen molar-refractivity contribution in [3.05, 3.63) is 0 Å². The van der Waals surface area contributed by atoms with Crippen molar-refractivity contribution in [3.8, 4) is 0 Å². The first kappa shape index (κ1) is 14.2. The summed E-state index contributed by atoms with van der Waals surface area (Å²) in [6, 6.07) is 0. The number of nitrogens with one attached hydrogen (secondary N) is 1. The lowest BCUT2D eigenvalue weighted by Gasteiger charge is -2.15. The van der Waals surface area contributed by atoms with Crippen LogP contribution in [0, 0.1) is 0 Å². The molecule has 7 heteroatoms. The van der Waals surface area contributed by atoms with E-state index in [4.69, 9.17) is 5.11 Å². The largest absolute Gasteiger partial charge is 0.415 e. The minimum Gasteiger partial charge on any atom is -0.382 e. The van der Waals surface area contributed by atoms with Gasteiger partial charge in [0.2, 0.25) is 5.91 Å². The molecule has 0 fully saturated rings. The maximum atomic E-state index is 11.8. The van der Waals surface area contributed by atoms with E-state index in [9.17, 15) is 18.0 Å². The molecule has 1 unspecified atom stereocenters. The second kappa shape index (κ2) is 5.92. The monoisotopic (exact) mass is 228 g/mol. The molecule has 0 radical (unpaired) electrons. The van der Waals surface area contributed by atoms with Gasteiger partial charge in [-0.1, -0.05) is 0 Å². The highest BCUT2D eigenvalue weighted by Crippen LogP contribution is 2.18. The molecule has 90 valence electrons. The second-order valence-corrected chi connectivity index (χ2v) is 3.30. The van der Waals surface area contributed by atoms with Gasteiger partial charge in [-0.25, -0.2) is 0 Å². The van der Waals surface area contributed by atoms with Crippen molar-refractivity contribution >= 4 is 5.91 Å². The minimum atomic E-state index is -4.61. The molecular formula is C8H15F3N2O2. The number of rotatable bonds is 5. The Bertz CT molecular complexity index is 207. The van der Waals surface area contributed by atoms with Crippen molar-refractivity contribution in [2.24, 2.45) is 0 Å². The predicted octanol–water partition coefficient (Wildman–Crippen LogP) is -0.0225. The van der Waals surface area contributed by atoms with Crippen LogP contribution in [0.3, 0.4) is 0 Å². The molecule has 0 aliphatic heterocycles. The van der Waals surface area contributed by atoms with Crippen LogP contribution in [0.4, 0.5) is 13.2 Å². The Morgan fingerprint density at radius 3 is 2.40 bits per heavy atom. The first-order valence-electron chi connectivity index (χ1n) is 4.40. The van der Waals surface area contributed by atoms with Gasteiger partial charge in [-0.3, -0.25) is 4.79 Å². The van der Waals surface area contributed by atoms with Crippen LogP contribution in [0.25, 0.3) is 0 Å². The normalized spacial score (nSPS) is 13.7. The number of aliphatic hydroxyl groups excluding tert-OH is 1. The van der Waals surface area contributed by atoms with Crippen molar-refractivity contribution in [1.29, 1.82) is 0 Å². The first-order valence-corrected chi connectivity index (χ1v) is 4.40. The SMILES string of the molecule is CN(C)C(=O)CCNCC(O)C(F)(F)F. The van der Waals surface area contributed by atoms with E-state index in [1.807, 2.05) is 0 Å². The average molecular weight is 228 g/mol. The third kappa shape index (κ3) is 6.29. The molecule has 0 aromatic heterocycles. The zero-order valence-corrected chi connectivity index (χ0v) is 8.64. The standard InChI is InChI=1S/C8H15F3N2O2/c1-13(2)7(15)3-4-12-5-6(14)8(9,10)11/h6,12,14H,3-5H2,1-2H3. The Labute approximate surface area is 86.1 Å². The fraction of sp³-hybridized carbons (Fsp3) is 0.875. The van der Waals surface area contributed by atoms with Gasteiger partial charge in [0.1, 0.15) is 0 Å². The molecule has 0 rings (SSSR count). The highest BCUT2D eigenvalue weighted by atomic mass is 19.4. The van der Waals surface area contributed by atoms with Gasteiger partial charge in [-0.2, -0.15) is 13.2 Å². The Morgan fingerprint density at radius 2 is 2.00 bits per heavy atom. The maximum Gasteiger partial charge on any atom is 0.415 e. The molecule has 0 bridgehead atoms. The molecular weight excluding hydrogens is 213 g/mol. The summed E-state index contributed by atoms with van der Waals surface area (Å²) < 4.78 is 35.4. The first-order chi connectivity index (χ1) is 6.75. The fourth-order valence-electron chi connectivity index (χ4n) is 0.773. The molecule has 1 amide bonds. The molecule has 0 heterocycles. The third-order valence-corrected chi connectivity index (χ3v) is 1.73. The van der Waals surface area contributed by atoms with E-state index in [1.54, 1.807) is 14.1 Å². The Balaban J connectivity index is 3.60. The lowest BCUT2D eigenvalue weighted by atomic mass is 10.3. The third-order valence-electron chi connectivity index (χ3n) is 1.73. The molecule has 0 spiro atoms. The summed E-state index contributed by atoms with van der Waals surface area (Å²) >= 11 is 0. The topological polar surface area (TPSA) is 52.6 Å². The number of alkyl halides is 3. The molecule has 4 nitrogen and oxygen atoms in total. The molecule has 15 heavy (non-hydrogen) atoms. The van der Waals surface area contributed by atoms with Crippen LogP contribution in [0.1, 0.15) is 6.42 Å². The van der Waals surface area contributed by atoms with Gasteiger partial charge in [0.15, 0.2) is 6.10 Å². The second-order valence-electron chi connectivity index (χ2n) is 3.30. The zero-order chi connectivity index (χ0) is 12.1. The van der Waals surface area contributed by atoms with Crippen LogP contribution in [-0.4, -0.2) is 55.4 Å². The summed E-state index contributed by atoms with van der Waals surface area (Å²) in [6.45, 7) is -0.478. The van der Waals surface area contributed by atoms with E-state index in [0.717, 1.165) is 0 Å². The smallest absolute Gasteiger partial charge is 0.382 e. The fourth-order valence-corrected chi connectivity index (χ4v) is 0.773. The average Bonchev–Trinajstić information content (AvgIpc) is 2.09. The van der Waals surface area contributed by atoms with Crippen molar-refractivity contribution in [2.75, 3.05) is 27.2 Å².